The molecular weight excluding hydrogens is 304 g/mol. The van der Waals surface area contributed by atoms with E-state index in [1.807, 2.05) is 36.4 Å². The summed E-state index contributed by atoms with van der Waals surface area (Å²) in [5.41, 5.74) is 7.60. The third kappa shape index (κ3) is 3.55. The van der Waals surface area contributed by atoms with Crippen molar-refractivity contribution in [1.29, 1.82) is 5.26 Å². The van der Waals surface area contributed by atoms with Crippen molar-refractivity contribution < 1.29 is 4.74 Å². The van der Waals surface area contributed by atoms with Crippen LogP contribution in [-0.4, -0.2) is 29.7 Å². The lowest BCUT2D eigenvalue weighted by molar-refractivity contribution is 0.306. The summed E-state index contributed by atoms with van der Waals surface area (Å²) in [6, 6.07) is 12.0. The Labute approximate surface area is 140 Å². The zero-order valence-corrected chi connectivity index (χ0v) is 13.1. The molecule has 7 nitrogen and oxygen atoms in total. The Morgan fingerprint density at radius 2 is 1.96 bits per heavy atom. The van der Waals surface area contributed by atoms with Crippen LogP contribution < -0.4 is 16.4 Å². The number of hydrogen-bond donors (Lipinski definition) is 3. The maximum Gasteiger partial charge on any atom is 0.222 e. The van der Waals surface area contributed by atoms with Crippen molar-refractivity contribution in [3.8, 4) is 6.07 Å². The Kier molecular flexibility index (Phi) is 4.77. The minimum Gasteiger partial charge on any atom is -0.491 e. The van der Waals surface area contributed by atoms with Gasteiger partial charge in [0.25, 0.3) is 0 Å². The van der Waals surface area contributed by atoms with Crippen LogP contribution in [0.5, 0.6) is 0 Å². The Hall–Kier alpha value is -3.27. The number of nitrogens with two attached hydrogens (primary N) is 1. The van der Waals surface area contributed by atoms with E-state index in [2.05, 4.69) is 26.7 Å². The lowest BCUT2D eigenvalue weighted by atomic mass is 10.2. The molecule has 0 unspecified atom stereocenters. The van der Waals surface area contributed by atoms with Crippen LogP contribution in [0.15, 0.2) is 36.4 Å². The average molecular weight is 322 g/mol. The fourth-order valence-electron chi connectivity index (χ4n) is 2.42. The molecule has 24 heavy (non-hydrogen) atoms. The van der Waals surface area contributed by atoms with Crippen molar-refractivity contribution in [2.45, 2.75) is 6.42 Å². The molecule has 0 aliphatic carbocycles. The van der Waals surface area contributed by atoms with Gasteiger partial charge in [-0.1, -0.05) is 18.2 Å². The van der Waals surface area contributed by atoms with Crippen LogP contribution in [0.4, 0.5) is 17.5 Å². The van der Waals surface area contributed by atoms with E-state index < -0.39 is 0 Å². The molecule has 122 valence electrons. The van der Waals surface area contributed by atoms with Gasteiger partial charge in [0.15, 0.2) is 0 Å². The summed E-state index contributed by atoms with van der Waals surface area (Å²) in [5.74, 6) is 1.12. The van der Waals surface area contributed by atoms with E-state index in [1.165, 1.54) is 0 Å². The second-order valence-electron chi connectivity index (χ2n) is 5.19. The highest BCUT2D eigenvalue weighted by Crippen LogP contribution is 2.27. The van der Waals surface area contributed by atoms with E-state index in [9.17, 15) is 5.26 Å². The first-order valence-electron chi connectivity index (χ1n) is 7.71. The molecule has 0 radical (unpaired) electrons. The molecule has 4 N–H and O–H groups in total. The zero-order valence-electron chi connectivity index (χ0n) is 13.1. The molecule has 0 atom stereocenters. The van der Waals surface area contributed by atoms with E-state index in [4.69, 9.17) is 10.5 Å². The highest BCUT2D eigenvalue weighted by Gasteiger charge is 2.19. The zero-order chi connectivity index (χ0) is 16.8. The Morgan fingerprint density at radius 1 is 1.17 bits per heavy atom. The first-order valence-corrected chi connectivity index (χ1v) is 7.71. The summed E-state index contributed by atoms with van der Waals surface area (Å²) in [7, 11) is 0. The van der Waals surface area contributed by atoms with E-state index >= 15 is 0 Å². The van der Waals surface area contributed by atoms with Crippen LogP contribution in [0, 0.1) is 11.3 Å². The van der Waals surface area contributed by atoms with Gasteiger partial charge in [-0.05, 0) is 18.2 Å². The first kappa shape index (κ1) is 15.6. The average Bonchev–Trinajstić information content (AvgIpc) is 3.13. The smallest absolute Gasteiger partial charge is 0.222 e. The number of aromatic nitrogens is 2. The largest absolute Gasteiger partial charge is 0.491 e. The Balaban J connectivity index is 1.70. The number of nitrogens with zero attached hydrogens (tertiary/aromatic N) is 3. The van der Waals surface area contributed by atoms with E-state index in [-0.39, 0.29) is 5.95 Å². The van der Waals surface area contributed by atoms with Gasteiger partial charge >= 0.3 is 0 Å². The van der Waals surface area contributed by atoms with Gasteiger partial charge in [0.05, 0.1) is 6.61 Å². The van der Waals surface area contributed by atoms with Crippen LogP contribution in [0.3, 0.4) is 0 Å². The summed E-state index contributed by atoms with van der Waals surface area (Å²) >= 11 is 0. The molecule has 1 aromatic carbocycles. The summed E-state index contributed by atoms with van der Waals surface area (Å²) in [4.78, 5) is 8.30. The Morgan fingerprint density at radius 3 is 2.67 bits per heavy atom. The number of anilines is 3. The lowest BCUT2D eigenvalue weighted by Gasteiger charge is -2.12. The van der Waals surface area contributed by atoms with Gasteiger partial charge in [0.1, 0.15) is 28.9 Å². The predicted molar refractivity (Wildman–Crippen MR) is 93.1 cm³/mol. The molecule has 2 heterocycles. The standard InChI is InChI=1S/C17H18N6O/c18-11-13-15(14-7-4-10-24-14)22-17(19)23-16(13)21-9-8-20-12-5-2-1-3-6-12/h1-3,5-7,20H,4,8-10H2,(H3,19,21,22,23). The predicted octanol–water partition coefficient (Wildman–Crippen LogP) is 2.22. The monoisotopic (exact) mass is 322 g/mol. The molecule has 0 spiro atoms. The van der Waals surface area contributed by atoms with Crippen molar-refractivity contribution in [1.82, 2.24) is 9.97 Å². The maximum absolute atomic E-state index is 9.48. The SMILES string of the molecule is N#Cc1c(NCCNc2ccccc2)nc(N)nc1C1=CCCO1. The number of ether oxygens (including phenoxy) is 1. The van der Waals surface area contributed by atoms with Gasteiger partial charge in [-0.3, -0.25) is 0 Å². The number of nitriles is 1. The second-order valence-corrected chi connectivity index (χ2v) is 5.19. The van der Waals surface area contributed by atoms with Crippen molar-refractivity contribution in [2.24, 2.45) is 0 Å². The minimum absolute atomic E-state index is 0.110. The normalized spacial score (nSPS) is 12.9. The number of rotatable bonds is 6. The molecule has 1 aromatic heterocycles. The molecule has 0 saturated carbocycles. The van der Waals surface area contributed by atoms with Crippen LogP contribution in [0.2, 0.25) is 0 Å². The third-order valence-electron chi connectivity index (χ3n) is 3.50. The second kappa shape index (κ2) is 7.33. The van der Waals surface area contributed by atoms with E-state index in [1.54, 1.807) is 0 Å². The molecule has 1 aliphatic rings. The highest BCUT2D eigenvalue weighted by atomic mass is 16.5. The summed E-state index contributed by atoms with van der Waals surface area (Å²) in [6.45, 7) is 1.85. The third-order valence-corrected chi connectivity index (χ3v) is 3.50. The quantitative estimate of drug-likeness (QED) is 0.700. The summed E-state index contributed by atoms with van der Waals surface area (Å²) in [5, 5.41) is 15.9. The van der Waals surface area contributed by atoms with Gasteiger partial charge in [-0.25, -0.2) is 4.98 Å². The van der Waals surface area contributed by atoms with Crippen molar-refractivity contribution in [3.05, 3.63) is 47.7 Å². The number of nitrogens with one attached hydrogen (secondary N) is 2. The number of benzene rings is 1. The van der Waals surface area contributed by atoms with Crippen LogP contribution >= 0.6 is 0 Å². The summed E-state index contributed by atoms with van der Waals surface area (Å²) < 4.78 is 5.50. The number of nitrogen functional groups attached to an aromatic ring is 1. The lowest BCUT2D eigenvalue weighted by Crippen LogP contribution is -2.16. The van der Waals surface area contributed by atoms with Gasteiger partial charge in [-0.15, -0.1) is 0 Å². The van der Waals surface area contributed by atoms with Crippen LogP contribution in [0.1, 0.15) is 17.7 Å². The van der Waals surface area contributed by atoms with Gasteiger partial charge < -0.3 is 21.1 Å². The van der Waals surface area contributed by atoms with Gasteiger partial charge in [0, 0.05) is 25.2 Å². The van der Waals surface area contributed by atoms with E-state index in [0.29, 0.717) is 42.5 Å². The fourth-order valence-corrected chi connectivity index (χ4v) is 2.42. The molecule has 0 saturated heterocycles. The maximum atomic E-state index is 9.48. The molecule has 7 heteroatoms. The van der Waals surface area contributed by atoms with Crippen LogP contribution in [-0.2, 0) is 4.74 Å². The molecule has 0 fully saturated rings. The Bertz CT molecular complexity index is 782. The minimum atomic E-state index is 0.110. The summed E-state index contributed by atoms with van der Waals surface area (Å²) in [6.07, 6.45) is 2.71. The number of para-hydroxylation sites is 1. The fraction of sp³-hybridized carbons (Fsp3) is 0.235. The van der Waals surface area contributed by atoms with Crippen molar-refractivity contribution in [2.75, 3.05) is 36.1 Å². The first-order chi connectivity index (χ1) is 11.8. The molecule has 0 amide bonds. The van der Waals surface area contributed by atoms with Gasteiger partial charge in [0.2, 0.25) is 5.95 Å². The van der Waals surface area contributed by atoms with Crippen molar-refractivity contribution >= 4 is 23.2 Å². The molecular formula is C17H18N6O. The number of hydrogen-bond acceptors (Lipinski definition) is 7. The highest BCUT2D eigenvalue weighted by molar-refractivity contribution is 5.70. The van der Waals surface area contributed by atoms with Crippen molar-refractivity contribution in [3.63, 3.8) is 0 Å². The molecule has 0 bridgehead atoms. The molecule has 1 aliphatic heterocycles. The van der Waals surface area contributed by atoms with Crippen LogP contribution in [0.25, 0.3) is 5.76 Å². The molecule has 3 rings (SSSR count). The molecule has 2 aromatic rings. The topological polar surface area (TPSA) is 109 Å². The van der Waals surface area contributed by atoms with E-state index in [0.717, 1.165) is 12.1 Å². The van der Waals surface area contributed by atoms with Gasteiger partial charge in [-0.2, -0.15) is 10.2 Å².